The van der Waals surface area contributed by atoms with E-state index in [9.17, 15) is 8.42 Å². The lowest BCUT2D eigenvalue weighted by atomic mass is 10.2. The molecule has 0 amide bonds. The van der Waals surface area contributed by atoms with Gasteiger partial charge in [0.1, 0.15) is 9.84 Å². The molecular formula is C11H25NO4S. The Morgan fingerprint density at radius 1 is 1.29 bits per heavy atom. The highest BCUT2D eigenvalue weighted by molar-refractivity contribution is 7.90. The monoisotopic (exact) mass is 267 g/mol. The summed E-state index contributed by atoms with van der Waals surface area (Å²) in [7, 11) is -1.22. The standard InChI is InChI=1S/C11H25NO4S/c1-4-12-11(10-16-8-7-15-2)6-5-9-17(3,13)14/h11-12H,4-10H2,1-3H3. The maximum Gasteiger partial charge on any atom is 0.147 e. The number of rotatable bonds is 11. The normalized spacial score (nSPS) is 13.8. The molecule has 0 saturated heterocycles. The average Bonchev–Trinajstić information content (AvgIpc) is 2.22. The Labute approximate surface area is 105 Å². The molecule has 0 heterocycles. The van der Waals surface area contributed by atoms with E-state index in [4.69, 9.17) is 9.47 Å². The molecule has 0 aliphatic rings. The zero-order chi connectivity index (χ0) is 13.1. The number of likely N-dealkylation sites (N-methyl/N-ethyl adjacent to an activating group) is 1. The van der Waals surface area contributed by atoms with Crippen molar-refractivity contribution >= 4 is 9.84 Å². The van der Waals surface area contributed by atoms with Crippen LogP contribution in [-0.2, 0) is 19.3 Å². The molecule has 0 bridgehead atoms. The molecule has 5 nitrogen and oxygen atoms in total. The fourth-order valence-electron chi connectivity index (χ4n) is 1.49. The van der Waals surface area contributed by atoms with E-state index in [1.54, 1.807) is 7.11 Å². The van der Waals surface area contributed by atoms with Gasteiger partial charge in [-0.25, -0.2) is 8.42 Å². The predicted octanol–water partition coefficient (Wildman–Crippen LogP) is 0.452. The number of ether oxygens (including phenoxy) is 2. The van der Waals surface area contributed by atoms with Crippen molar-refractivity contribution in [1.29, 1.82) is 0 Å². The van der Waals surface area contributed by atoms with Crippen molar-refractivity contribution in [2.24, 2.45) is 0 Å². The second-order valence-corrected chi connectivity index (χ2v) is 6.35. The van der Waals surface area contributed by atoms with Gasteiger partial charge in [-0.3, -0.25) is 0 Å². The summed E-state index contributed by atoms with van der Waals surface area (Å²) in [4.78, 5) is 0. The summed E-state index contributed by atoms with van der Waals surface area (Å²) in [6.07, 6.45) is 2.75. The highest BCUT2D eigenvalue weighted by Crippen LogP contribution is 2.01. The van der Waals surface area contributed by atoms with Gasteiger partial charge in [0.15, 0.2) is 0 Å². The maximum absolute atomic E-state index is 11.0. The summed E-state index contributed by atoms with van der Waals surface area (Å²) in [5.74, 6) is 0.243. The van der Waals surface area contributed by atoms with Gasteiger partial charge in [-0.05, 0) is 19.4 Å². The molecule has 0 aliphatic carbocycles. The third kappa shape index (κ3) is 12.1. The predicted molar refractivity (Wildman–Crippen MR) is 69.1 cm³/mol. The zero-order valence-electron chi connectivity index (χ0n) is 11.1. The summed E-state index contributed by atoms with van der Waals surface area (Å²) in [6.45, 7) is 4.64. The number of hydrogen-bond acceptors (Lipinski definition) is 5. The van der Waals surface area contributed by atoms with Crippen LogP contribution >= 0.6 is 0 Å². The van der Waals surface area contributed by atoms with Gasteiger partial charge >= 0.3 is 0 Å². The van der Waals surface area contributed by atoms with Gasteiger partial charge in [0.2, 0.25) is 0 Å². The summed E-state index contributed by atoms with van der Waals surface area (Å²) in [5.41, 5.74) is 0. The average molecular weight is 267 g/mol. The summed E-state index contributed by atoms with van der Waals surface area (Å²) < 4.78 is 32.3. The minimum Gasteiger partial charge on any atom is -0.382 e. The Hall–Kier alpha value is -0.170. The van der Waals surface area contributed by atoms with E-state index in [-0.39, 0.29) is 11.8 Å². The summed E-state index contributed by atoms with van der Waals surface area (Å²) >= 11 is 0. The van der Waals surface area contributed by atoms with Crippen molar-refractivity contribution in [3.63, 3.8) is 0 Å². The first-order valence-corrected chi connectivity index (χ1v) is 8.03. The lowest BCUT2D eigenvalue weighted by molar-refractivity contribution is 0.0576. The van der Waals surface area contributed by atoms with Crippen LogP contribution in [-0.4, -0.2) is 59.9 Å². The molecule has 0 aliphatic heterocycles. The first-order valence-electron chi connectivity index (χ1n) is 5.97. The van der Waals surface area contributed by atoms with Gasteiger partial charge in [-0.1, -0.05) is 6.92 Å². The second kappa shape index (κ2) is 9.82. The first-order chi connectivity index (χ1) is 7.99. The van der Waals surface area contributed by atoms with Crippen LogP contribution in [0.3, 0.4) is 0 Å². The lowest BCUT2D eigenvalue weighted by Crippen LogP contribution is -2.34. The van der Waals surface area contributed by atoms with Crippen LogP contribution in [0, 0.1) is 0 Å². The molecule has 0 aromatic heterocycles. The highest BCUT2D eigenvalue weighted by Gasteiger charge is 2.09. The third-order valence-corrected chi connectivity index (χ3v) is 3.34. The highest BCUT2D eigenvalue weighted by atomic mass is 32.2. The smallest absolute Gasteiger partial charge is 0.147 e. The fraction of sp³-hybridized carbons (Fsp3) is 1.00. The van der Waals surface area contributed by atoms with Gasteiger partial charge in [-0.15, -0.1) is 0 Å². The van der Waals surface area contributed by atoms with Crippen molar-refractivity contribution in [2.75, 3.05) is 45.5 Å². The molecule has 1 unspecified atom stereocenters. The van der Waals surface area contributed by atoms with Gasteiger partial charge < -0.3 is 14.8 Å². The van der Waals surface area contributed by atoms with Gasteiger partial charge in [0.05, 0.1) is 19.8 Å². The molecule has 0 spiro atoms. The van der Waals surface area contributed by atoms with Gasteiger partial charge in [0, 0.05) is 25.2 Å². The molecule has 0 aromatic carbocycles. The van der Waals surface area contributed by atoms with Crippen molar-refractivity contribution in [1.82, 2.24) is 5.32 Å². The van der Waals surface area contributed by atoms with Crippen LogP contribution < -0.4 is 5.32 Å². The van der Waals surface area contributed by atoms with Crippen molar-refractivity contribution in [3.05, 3.63) is 0 Å². The van der Waals surface area contributed by atoms with Crippen molar-refractivity contribution in [2.45, 2.75) is 25.8 Å². The number of hydrogen-bond donors (Lipinski definition) is 1. The van der Waals surface area contributed by atoms with Crippen LogP contribution in [0.2, 0.25) is 0 Å². The molecule has 0 fully saturated rings. The molecule has 104 valence electrons. The van der Waals surface area contributed by atoms with Crippen molar-refractivity contribution in [3.8, 4) is 0 Å². The van der Waals surface area contributed by atoms with E-state index in [0.717, 1.165) is 13.0 Å². The molecule has 0 saturated carbocycles. The molecule has 1 atom stereocenters. The summed E-state index contributed by atoms with van der Waals surface area (Å²) in [6, 6.07) is 0.221. The number of sulfone groups is 1. The molecule has 1 N–H and O–H groups in total. The van der Waals surface area contributed by atoms with Gasteiger partial charge in [0.25, 0.3) is 0 Å². The van der Waals surface area contributed by atoms with Crippen LogP contribution in [0.5, 0.6) is 0 Å². The van der Waals surface area contributed by atoms with E-state index in [0.29, 0.717) is 26.2 Å². The third-order valence-electron chi connectivity index (χ3n) is 2.31. The SMILES string of the molecule is CCNC(CCCS(C)(=O)=O)COCCOC. The zero-order valence-corrected chi connectivity index (χ0v) is 11.9. The minimum absolute atomic E-state index is 0.221. The molecule has 17 heavy (non-hydrogen) atoms. The molecule has 6 heteroatoms. The number of nitrogens with one attached hydrogen (secondary N) is 1. The van der Waals surface area contributed by atoms with Crippen LogP contribution in [0.15, 0.2) is 0 Å². The molecule has 0 radical (unpaired) electrons. The van der Waals surface area contributed by atoms with E-state index in [1.165, 1.54) is 6.26 Å². The summed E-state index contributed by atoms with van der Waals surface area (Å²) in [5, 5.41) is 3.29. The Kier molecular flexibility index (Phi) is 9.72. The number of methoxy groups -OCH3 is 1. The Bertz CT molecular complexity index is 267. The van der Waals surface area contributed by atoms with Gasteiger partial charge in [-0.2, -0.15) is 0 Å². The largest absolute Gasteiger partial charge is 0.382 e. The maximum atomic E-state index is 11.0. The minimum atomic E-state index is -2.85. The Morgan fingerprint density at radius 3 is 2.53 bits per heavy atom. The van der Waals surface area contributed by atoms with Crippen LogP contribution in [0.4, 0.5) is 0 Å². The van der Waals surface area contributed by atoms with Crippen LogP contribution in [0.25, 0.3) is 0 Å². The topological polar surface area (TPSA) is 64.6 Å². The van der Waals surface area contributed by atoms with Crippen molar-refractivity contribution < 1.29 is 17.9 Å². The van der Waals surface area contributed by atoms with Crippen LogP contribution in [0.1, 0.15) is 19.8 Å². The second-order valence-electron chi connectivity index (χ2n) is 4.09. The fourth-order valence-corrected chi connectivity index (χ4v) is 2.18. The van der Waals surface area contributed by atoms with E-state index < -0.39 is 9.84 Å². The Morgan fingerprint density at radius 2 is 2.00 bits per heavy atom. The quantitative estimate of drug-likeness (QED) is 0.551. The first kappa shape index (κ1) is 16.8. The van der Waals surface area contributed by atoms with E-state index in [1.807, 2.05) is 6.92 Å². The Balaban J connectivity index is 3.74. The van der Waals surface area contributed by atoms with E-state index >= 15 is 0 Å². The molecular weight excluding hydrogens is 242 g/mol. The molecule has 0 aromatic rings. The molecule has 0 rings (SSSR count). The van der Waals surface area contributed by atoms with E-state index in [2.05, 4.69) is 5.32 Å². The lowest BCUT2D eigenvalue weighted by Gasteiger charge is -2.17.